The molecule has 0 aliphatic carbocycles. The molecule has 4 aromatic rings. The van der Waals surface area contributed by atoms with Crippen molar-refractivity contribution in [2.75, 3.05) is 6.61 Å². The standard InChI is InChI=1S/C25H19N3O3S/c1-15-7-9-17(10-8-15)22-11-19(18-5-3-4-6-21(18)28-22)25(30)31-13-23(29)20(12-26)24-27-16(2)14-32-24/h3-11,14,20H,13H2,1-2H3/t20-/m0/s1. The van der Waals surface area contributed by atoms with Crippen LogP contribution >= 0.6 is 11.3 Å². The van der Waals surface area contributed by atoms with Crippen LogP contribution in [0.25, 0.3) is 22.2 Å². The molecule has 0 aliphatic heterocycles. The molecule has 0 unspecified atom stereocenters. The number of benzene rings is 2. The summed E-state index contributed by atoms with van der Waals surface area (Å²) in [5, 5.41) is 12.2. The molecule has 0 fully saturated rings. The monoisotopic (exact) mass is 441 g/mol. The molecule has 2 aromatic heterocycles. The predicted molar refractivity (Wildman–Crippen MR) is 122 cm³/mol. The number of Topliss-reactive ketones (excluding diaryl/α,β-unsaturated/α-hetero) is 1. The molecule has 7 heteroatoms. The lowest BCUT2D eigenvalue weighted by molar-refractivity contribution is -0.122. The SMILES string of the molecule is Cc1ccc(-c2cc(C(=O)OCC(=O)[C@H](C#N)c3nc(C)cs3)c3ccccc3n2)cc1. The average molecular weight is 442 g/mol. The van der Waals surface area contributed by atoms with Gasteiger partial charge in [-0.3, -0.25) is 4.79 Å². The highest BCUT2D eigenvalue weighted by Gasteiger charge is 2.25. The number of rotatable bonds is 6. The van der Waals surface area contributed by atoms with Crippen molar-refractivity contribution in [3.63, 3.8) is 0 Å². The molecule has 0 radical (unpaired) electrons. The maximum Gasteiger partial charge on any atom is 0.339 e. The van der Waals surface area contributed by atoms with E-state index >= 15 is 0 Å². The lowest BCUT2D eigenvalue weighted by Crippen LogP contribution is -2.20. The number of ether oxygens (including phenoxy) is 1. The van der Waals surface area contributed by atoms with E-state index in [1.807, 2.05) is 55.5 Å². The smallest absolute Gasteiger partial charge is 0.339 e. The van der Waals surface area contributed by atoms with Crippen LogP contribution in [0.5, 0.6) is 0 Å². The Hall–Kier alpha value is -3.89. The maximum absolute atomic E-state index is 13.0. The Morgan fingerprint density at radius 2 is 1.84 bits per heavy atom. The molecule has 1 atom stereocenters. The van der Waals surface area contributed by atoms with E-state index in [0.717, 1.165) is 16.8 Å². The van der Waals surface area contributed by atoms with Gasteiger partial charge in [-0.25, -0.2) is 14.8 Å². The number of hydrogen-bond donors (Lipinski definition) is 0. The minimum Gasteiger partial charge on any atom is -0.454 e. The van der Waals surface area contributed by atoms with Gasteiger partial charge in [-0.1, -0.05) is 48.0 Å². The van der Waals surface area contributed by atoms with Crippen molar-refractivity contribution in [1.29, 1.82) is 5.26 Å². The van der Waals surface area contributed by atoms with Crippen LogP contribution in [0.15, 0.2) is 60.0 Å². The van der Waals surface area contributed by atoms with E-state index in [1.165, 1.54) is 11.3 Å². The van der Waals surface area contributed by atoms with Crippen LogP contribution < -0.4 is 0 Å². The lowest BCUT2D eigenvalue weighted by atomic mass is 10.0. The summed E-state index contributed by atoms with van der Waals surface area (Å²) in [4.78, 5) is 34.4. The minimum absolute atomic E-state index is 0.317. The molecule has 6 nitrogen and oxygen atoms in total. The molecule has 0 aliphatic rings. The Morgan fingerprint density at radius 1 is 1.09 bits per heavy atom. The van der Waals surface area contributed by atoms with Crippen LogP contribution in [-0.2, 0) is 9.53 Å². The Labute approximate surface area is 189 Å². The van der Waals surface area contributed by atoms with Crippen molar-refractivity contribution in [3.8, 4) is 17.3 Å². The van der Waals surface area contributed by atoms with Gasteiger partial charge in [0.05, 0.1) is 22.8 Å². The Morgan fingerprint density at radius 3 is 2.53 bits per heavy atom. The fourth-order valence-electron chi connectivity index (χ4n) is 3.28. The summed E-state index contributed by atoms with van der Waals surface area (Å²) in [5.41, 5.74) is 4.33. The lowest BCUT2D eigenvalue weighted by Gasteiger charge is -2.11. The normalized spacial score (nSPS) is 11.7. The molecular weight excluding hydrogens is 422 g/mol. The third-order valence-electron chi connectivity index (χ3n) is 4.96. The molecule has 0 saturated heterocycles. The van der Waals surface area contributed by atoms with E-state index < -0.39 is 24.3 Å². The molecule has 158 valence electrons. The van der Waals surface area contributed by atoms with E-state index in [-0.39, 0.29) is 0 Å². The average Bonchev–Trinajstić information content (AvgIpc) is 3.23. The number of fused-ring (bicyclic) bond motifs is 1. The third kappa shape index (κ3) is 4.41. The number of carbonyl (C=O) groups is 2. The van der Waals surface area contributed by atoms with Crippen LogP contribution in [0.2, 0.25) is 0 Å². The highest BCUT2D eigenvalue weighted by Crippen LogP contribution is 2.26. The van der Waals surface area contributed by atoms with Crippen LogP contribution in [-0.4, -0.2) is 28.3 Å². The van der Waals surface area contributed by atoms with Crippen molar-refractivity contribution in [2.24, 2.45) is 0 Å². The van der Waals surface area contributed by atoms with Gasteiger partial charge < -0.3 is 4.74 Å². The van der Waals surface area contributed by atoms with Crippen LogP contribution in [0.1, 0.15) is 32.5 Å². The number of ketones is 1. The first kappa shape index (κ1) is 21.3. The first-order valence-corrected chi connectivity index (χ1v) is 10.8. The summed E-state index contributed by atoms with van der Waals surface area (Å²) in [6.45, 7) is 3.28. The zero-order chi connectivity index (χ0) is 22.7. The summed E-state index contributed by atoms with van der Waals surface area (Å²) >= 11 is 1.24. The van der Waals surface area contributed by atoms with Crippen molar-refractivity contribution in [3.05, 3.63) is 81.8 Å². The number of nitrogens with zero attached hydrogens (tertiary/aromatic N) is 3. The Kier molecular flexibility index (Phi) is 6.06. The van der Waals surface area contributed by atoms with E-state index in [2.05, 4.69) is 9.97 Å². The number of nitriles is 1. The largest absolute Gasteiger partial charge is 0.454 e. The van der Waals surface area contributed by atoms with Gasteiger partial charge in [0.15, 0.2) is 18.3 Å². The molecule has 0 N–H and O–H groups in total. The highest BCUT2D eigenvalue weighted by molar-refractivity contribution is 7.09. The van der Waals surface area contributed by atoms with E-state index in [0.29, 0.717) is 27.2 Å². The molecular formula is C25H19N3O3S. The Bertz CT molecular complexity index is 1350. The number of aryl methyl sites for hydroxylation is 2. The molecule has 0 bridgehead atoms. The van der Waals surface area contributed by atoms with Gasteiger partial charge >= 0.3 is 5.97 Å². The number of esters is 1. The summed E-state index contributed by atoms with van der Waals surface area (Å²) in [7, 11) is 0. The minimum atomic E-state index is -1.06. The fourth-order valence-corrected chi connectivity index (χ4v) is 4.14. The topological polar surface area (TPSA) is 92.9 Å². The fraction of sp³-hybridized carbons (Fsp3) is 0.160. The van der Waals surface area contributed by atoms with Gasteiger partial charge in [-0.2, -0.15) is 5.26 Å². The highest BCUT2D eigenvalue weighted by atomic mass is 32.1. The number of hydrogen-bond acceptors (Lipinski definition) is 7. The van der Waals surface area contributed by atoms with Crippen molar-refractivity contribution >= 4 is 34.0 Å². The zero-order valence-electron chi connectivity index (χ0n) is 17.5. The maximum atomic E-state index is 13.0. The third-order valence-corrected chi connectivity index (χ3v) is 5.99. The van der Waals surface area contributed by atoms with E-state index in [9.17, 15) is 14.9 Å². The van der Waals surface area contributed by atoms with E-state index in [4.69, 9.17) is 4.74 Å². The van der Waals surface area contributed by atoms with Crippen molar-refractivity contribution in [2.45, 2.75) is 19.8 Å². The number of carbonyl (C=O) groups excluding carboxylic acids is 2. The van der Waals surface area contributed by atoms with Gasteiger partial charge in [-0.05, 0) is 26.0 Å². The molecule has 2 heterocycles. The number of aromatic nitrogens is 2. The van der Waals surface area contributed by atoms with Crippen LogP contribution in [0, 0.1) is 25.2 Å². The molecule has 32 heavy (non-hydrogen) atoms. The number of pyridine rings is 1. The summed E-state index contributed by atoms with van der Waals surface area (Å²) in [6.07, 6.45) is 0. The first-order valence-electron chi connectivity index (χ1n) is 9.94. The Balaban J connectivity index is 1.61. The first-order chi connectivity index (χ1) is 15.5. The predicted octanol–water partition coefficient (Wildman–Crippen LogP) is 5.01. The van der Waals surface area contributed by atoms with Crippen LogP contribution in [0.4, 0.5) is 0 Å². The number of para-hydroxylation sites is 1. The molecule has 0 saturated carbocycles. The summed E-state index contributed by atoms with van der Waals surface area (Å²) in [5.74, 6) is -2.21. The molecule has 0 amide bonds. The summed E-state index contributed by atoms with van der Waals surface area (Å²) < 4.78 is 5.33. The zero-order valence-corrected chi connectivity index (χ0v) is 18.3. The molecule has 2 aromatic carbocycles. The summed E-state index contributed by atoms with van der Waals surface area (Å²) in [6, 6.07) is 18.7. The quantitative estimate of drug-likeness (QED) is 0.391. The van der Waals surface area contributed by atoms with E-state index in [1.54, 1.807) is 24.4 Å². The molecule has 4 rings (SSSR count). The second kappa shape index (κ2) is 9.08. The van der Waals surface area contributed by atoms with Crippen molar-refractivity contribution in [1.82, 2.24) is 9.97 Å². The van der Waals surface area contributed by atoms with Gasteiger partial charge in [-0.15, -0.1) is 11.3 Å². The van der Waals surface area contributed by atoms with Crippen LogP contribution in [0.3, 0.4) is 0 Å². The second-order valence-electron chi connectivity index (χ2n) is 7.37. The molecule has 0 spiro atoms. The second-order valence-corrected chi connectivity index (χ2v) is 8.26. The van der Waals surface area contributed by atoms with Crippen molar-refractivity contribution < 1.29 is 14.3 Å². The van der Waals surface area contributed by atoms with Gasteiger partial charge in [0, 0.05) is 22.0 Å². The number of thiazole rings is 1. The van der Waals surface area contributed by atoms with Gasteiger partial charge in [0.2, 0.25) is 0 Å². The van der Waals surface area contributed by atoms with Gasteiger partial charge in [0.25, 0.3) is 0 Å². The van der Waals surface area contributed by atoms with Gasteiger partial charge in [0.1, 0.15) is 5.01 Å².